The molecule has 19 nitrogen and oxygen atoms in total. The monoisotopic (exact) mass is 845 g/mol. The van der Waals surface area contributed by atoms with Crippen LogP contribution < -0.4 is 33.2 Å². The summed E-state index contributed by atoms with van der Waals surface area (Å²) < 4.78 is 98.6. The van der Waals surface area contributed by atoms with Gasteiger partial charge in [-0.2, -0.15) is 31.6 Å². The van der Waals surface area contributed by atoms with Crippen LogP contribution in [0.25, 0.3) is 0 Å². The molecule has 0 aliphatic rings. The number of halogens is 4. The van der Waals surface area contributed by atoms with Gasteiger partial charge in [-0.1, -0.05) is 23.7 Å². The minimum atomic E-state index is -4.61. The third-order valence-electron chi connectivity index (χ3n) is 6.39. The van der Waals surface area contributed by atoms with E-state index in [1.165, 1.54) is 39.3 Å². The van der Waals surface area contributed by atoms with Crippen LogP contribution in [0, 0.1) is 10.1 Å². The molecule has 4 aromatic rings. The lowest BCUT2D eigenvalue weighted by Gasteiger charge is -2.12. The highest BCUT2D eigenvalue weighted by Crippen LogP contribution is 2.37. The number of urea groups is 1. The number of para-hydroxylation sites is 2. The Hall–Kier alpha value is -6.62. The first-order valence-corrected chi connectivity index (χ1v) is 17.6. The number of carbonyl (C=O) groups is 3. The van der Waals surface area contributed by atoms with Gasteiger partial charge in [0.1, 0.15) is 17.1 Å². The maximum absolute atomic E-state index is 12.7. The quantitative estimate of drug-likeness (QED) is 0.0778. The summed E-state index contributed by atoms with van der Waals surface area (Å²) in [5.74, 6) is -2.21. The molecule has 1 aromatic heterocycles. The number of nitrogens with zero attached hydrogens (tertiary/aromatic N) is 3. The van der Waals surface area contributed by atoms with Gasteiger partial charge in [-0.15, -0.1) is 0 Å². The Bertz CT molecular complexity index is 2170. The molecular formula is C33H31ClF3N5O14S. The van der Waals surface area contributed by atoms with Crippen molar-refractivity contribution in [2.24, 2.45) is 0 Å². The third kappa shape index (κ3) is 13.9. The molecule has 0 radical (unpaired) electrons. The maximum atomic E-state index is 12.7. The van der Waals surface area contributed by atoms with Crippen LogP contribution in [0.4, 0.5) is 29.6 Å². The molecule has 0 unspecified atom stereocenters. The second kappa shape index (κ2) is 20.3. The van der Waals surface area contributed by atoms with E-state index >= 15 is 0 Å². The van der Waals surface area contributed by atoms with Gasteiger partial charge in [0.05, 0.1) is 49.0 Å². The van der Waals surface area contributed by atoms with E-state index in [0.29, 0.717) is 12.7 Å². The molecule has 0 aliphatic carbocycles. The first kappa shape index (κ1) is 44.8. The number of nitro groups is 1. The number of carbonyl (C=O) groups excluding carboxylic acids is 3. The second-order valence-electron chi connectivity index (χ2n) is 10.3. The van der Waals surface area contributed by atoms with E-state index in [-0.39, 0.29) is 52.3 Å². The van der Waals surface area contributed by atoms with Gasteiger partial charge in [-0.3, -0.25) is 15.4 Å². The van der Waals surface area contributed by atoms with Gasteiger partial charge in [-0.25, -0.2) is 19.1 Å². The first-order chi connectivity index (χ1) is 26.9. The topological polar surface area (TPSA) is 243 Å². The number of hydrogen-bond donors (Lipinski definition) is 2. The number of amides is 2. The van der Waals surface area contributed by atoms with Crippen LogP contribution in [-0.4, -0.2) is 75.3 Å². The van der Waals surface area contributed by atoms with E-state index in [0.717, 1.165) is 30.3 Å². The fourth-order valence-electron chi connectivity index (χ4n) is 4.04. The number of alkyl halides is 3. The summed E-state index contributed by atoms with van der Waals surface area (Å²) in [4.78, 5) is 53.4. The zero-order valence-corrected chi connectivity index (χ0v) is 31.5. The molecule has 0 bridgehead atoms. The molecule has 0 spiro atoms. The molecular weight excluding hydrogens is 815 g/mol. The van der Waals surface area contributed by atoms with Gasteiger partial charge in [0.25, 0.3) is 5.69 Å². The van der Waals surface area contributed by atoms with Gasteiger partial charge in [0.15, 0.2) is 18.1 Å². The van der Waals surface area contributed by atoms with Crippen LogP contribution in [0.3, 0.4) is 0 Å². The highest BCUT2D eigenvalue weighted by atomic mass is 35.5. The van der Waals surface area contributed by atoms with Crippen LogP contribution >= 0.6 is 11.6 Å². The fraction of sp³-hybridized carbons (Fsp3) is 0.242. The van der Waals surface area contributed by atoms with Crippen molar-refractivity contribution in [2.75, 3.05) is 39.4 Å². The van der Waals surface area contributed by atoms with Crippen molar-refractivity contribution in [2.45, 2.75) is 20.0 Å². The van der Waals surface area contributed by atoms with Gasteiger partial charge >= 0.3 is 34.5 Å². The molecule has 1 heterocycles. The Morgan fingerprint density at radius 1 is 0.877 bits per heavy atom. The molecule has 306 valence electrons. The summed E-state index contributed by atoms with van der Waals surface area (Å²) in [6.45, 7) is 2.87. The molecule has 2 N–H and O–H groups in total. The zero-order valence-electron chi connectivity index (χ0n) is 29.9. The lowest BCUT2D eigenvalue weighted by molar-refractivity contribution is -0.385. The van der Waals surface area contributed by atoms with Crippen LogP contribution in [0.2, 0.25) is 5.02 Å². The number of nitro benzene ring substituents is 1. The number of rotatable bonds is 15. The molecule has 0 fully saturated rings. The zero-order chi connectivity index (χ0) is 42.3. The van der Waals surface area contributed by atoms with E-state index in [2.05, 4.69) is 20.0 Å². The highest BCUT2D eigenvalue weighted by molar-refractivity contribution is 7.85. The normalized spacial score (nSPS) is 10.8. The number of ether oxygens (including phenoxy) is 6. The van der Waals surface area contributed by atoms with Crippen molar-refractivity contribution in [3.05, 3.63) is 93.0 Å². The lowest BCUT2D eigenvalue weighted by atomic mass is 10.1. The Morgan fingerprint density at radius 2 is 1.53 bits per heavy atom. The summed E-state index contributed by atoms with van der Waals surface area (Å²) in [6, 6.07) is 11.7. The van der Waals surface area contributed by atoms with Gasteiger partial charge in [-0.05, 0) is 50.2 Å². The number of nitrogens with one attached hydrogen (secondary N) is 2. The van der Waals surface area contributed by atoms with E-state index in [4.69, 9.17) is 39.5 Å². The average molecular weight is 846 g/mol. The van der Waals surface area contributed by atoms with Gasteiger partial charge in [0, 0.05) is 12.1 Å². The van der Waals surface area contributed by atoms with Crippen molar-refractivity contribution in [3.8, 4) is 34.8 Å². The van der Waals surface area contributed by atoms with Crippen LogP contribution in [0.1, 0.15) is 29.8 Å². The minimum absolute atomic E-state index is 0.0493. The average Bonchev–Trinajstić information content (AvgIpc) is 3.14. The lowest BCUT2D eigenvalue weighted by Crippen LogP contribution is -2.37. The molecule has 3 aromatic carbocycles. The predicted octanol–water partition coefficient (Wildman–Crippen LogP) is 6.12. The largest absolute Gasteiger partial charge is 0.490 e. The molecule has 0 saturated heterocycles. The van der Waals surface area contributed by atoms with Crippen molar-refractivity contribution in [1.82, 2.24) is 14.7 Å². The van der Waals surface area contributed by atoms with Crippen LogP contribution in [0.15, 0.2) is 66.7 Å². The number of anilines is 1. The fourth-order valence-corrected chi connectivity index (χ4v) is 4.95. The van der Waals surface area contributed by atoms with Crippen molar-refractivity contribution < 1.29 is 73.5 Å². The molecule has 0 atom stereocenters. The Morgan fingerprint density at radius 3 is 2.09 bits per heavy atom. The minimum Gasteiger partial charge on any atom is -0.490 e. The predicted molar refractivity (Wildman–Crippen MR) is 191 cm³/mol. The maximum Gasteiger partial charge on any atom is 0.416 e. The van der Waals surface area contributed by atoms with E-state index in [9.17, 15) is 46.1 Å². The van der Waals surface area contributed by atoms with Crippen LogP contribution in [0.5, 0.6) is 34.8 Å². The van der Waals surface area contributed by atoms with Crippen molar-refractivity contribution >= 4 is 51.5 Å². The van der Waals surface area contributed by atoms with E-state index in [1.54, 1.807) is 23.8 Å². The standard InChI is InChI=1S/C18H13ClF3NO7.C15H18N4O7S/c1-2-28-16(24)9-29-17(25)12-8-11(4-5-14(12)23(26)27)30-15-6-3-10(7-13(15)19)18(20,21)22;1-4-25-10-7-5-6-8-11(10)26-27(21,22)19-15(20)18-14-16-12(23-2)9-13(17-14)24-3/h3-8H,2,9H2,1H3;5-9H,4H2,1-3H3,(H2,16,17,18,19,20). The highest BCUT2D eigenvalue weighted by Gasteiger charge is 2.31. The van der Waals surface area contributed by atoms with E-state index < -0.39 is 62.8 Å². The van der Waals surface area contributed by atoms with Crippen molar-refractivity contribution in [3.63, 3.8) is 0 Å². The molecule has 24 heteroatoms. The summed E-state index contributed by atoms with van der Waals surface area (Å²) >= 11 is 5.81. The van der Waals surface area contributed by atoms with Gasteiger partial charge < -0.3 is 32.6 Å². The summed E-state index contributed by atoms with van der Waals surface area (Å²) in [6.07, 6.45) is -4.61. The number of methoxy groups -OCH3 is 2. The Labute approximate surface area is 326 Å². The van der Waals surface area contributed by atoms with E-state index in [1.807, 2.05) is 0 Å². The number of esters is 2. The second-order valence-corrected chi connectivity index (χ2v) is 12.0. The number of hydrogen-bond acceptors (Lipinski definition) is 16. The Balaban J connectivity index is 0.000000307. The van der Waals surface area contributed by atoms with Crippen molar-refractivity contribution in [1.29, 1.82) is 0 Å². The summed E-state index contributed by atoms with van der Waals surface area (Å²) in [5.41, 5.74) is -2.16. The first-order valence-electron chi connectivity index (χ1n) is 15.8. The molecule has 4 rings (SSSR count). The Kier molecular flexibility index (Phi) is 16.0. The smallest absolute Gasteiger partial charge is 0.416 e. The number of aromatic nitrogens is 2. The van der Waals surface area contributed by atoms with Gasteiger partial charge in [0.2, 0.25) is 17.7 Å². The number of benzene rings is 3. The molecule has 0 saturated carbocycles. The SMILES string of the molecule is CCOC(=O)COC(=O)c1cc(Oc2ccc(C(F)(F)F)cc2Cl)ccc1[N+](=O)[O-].CCOc1ccccc1OS(=O)(=O)NC(=O)Nc1nc(OC)cc(OC)n1. The summed E-state index contributed by atoms with van der Waals surface area (Å²) in [7, 11) is -1.76. The van der Waals surface area contributed by atoms with Crippen LogP contribution in [-0.2, 0) is 30.7 Å². The molecule has 57 heavy (non-hydrogen) atoms. The summed E-state index contributed by atoms with van der Waals surface area (Å²) in [5, 5.41) is 12.9. The molecule has 2 amide bonds. The third-order valence-corrected chi connectivity index (χ3v) is 7.52. The molecule has 0 aliphatic heterocycles.